The van der Waals surface area contributed by atoms with Crippen LogP contribution in [-0.4, -0.2) is 28.6 Å². The summed E-state index contributed by atoms with van der Waals surface area (Å²) >= 11 is 0.844. The zero-order chi connectivity index (χ0) is 11.5. The van der Waals surface area contributed by atoms with Gasteiger partial charge in [0.2, 0.25) is 0 Å². The van der Waals surface area contributed by atoms with Crippen molar-refractivity contribution in [2.24, 2.45) is 0 Å². The Labute approximate surface area is 88.5 Å². The fraction of sp³-hybridized carbons (Fsp3) is 0.500. The third-order valence-electron chi connectivity index (χ3n) is 1.58. The number of rotatable bonds is 4. The first-order valence-corrected chi connectivity index (χ1v) is 5.00. The Morgan fingerprint density at radius 1 is 1.80 bits per heavy atom. The number of aromatic nitrogens is 1. The highest BCUT2D eigenvalue weighted by atomic mass is 32.1. The molecule has 7 heteroatoms. The SMILES string of the molecule is CCOC(=O)C(F)(F)C(O)c1nccs1. The molecule has 1 unspecified atom stereocenters. The molecule has 1 atom stereocenters. The maximum atomic E-state index is 13.2. The van der Waals surface area contributed by atoms with Crippen LogP contribution in [0.15, 0.2) is 11.6 Å². The van der Waals surface area contributed by atoms with Crippen molar-refractivity contribution in [3.63, 3.8) is 0 Å². The highest BCUT2D eigenvalue weighted by Crippen LogP contribution is 2.33. The second kappa shape index (κ2) is 4.63. The number of alkyl halides is 2. The number of carbonyl (C=O) groups excluding carboxylic acids is 1. The molecular weight excluding hydrogens is 228 g/mol. The molecule has 0 radical (unpaired) electrons. The van der Waals surface area contributed by atoms with Crippen molar-refractivity contribution in [3.8, 4) is 0 Å². The lowest BCUT2D eigenvalue weighted by molar-refractivity contribution is -0.189. The Morgan fingerprint density at radius 3 is 2.93 bits per heavy atom. The smallest absolute Gasteiger partial charge is 0.380 e. The predicted molar refractivity (Wildman–Crippen MR) is 48.7 cm³/mol. The number of thiazole rings is 1. The van der Waals surface area contributed by atoms with Crippen LogP contribution in [0.25, 0.3) is 0 Å². The summed E-state index contributed by atoms with van der Waals surface area (Å²) in [5.41, 5.74) is 0. The van der Waals surface area contributed by atoms with E-state index in [0.29, 0.717) is 0 Å². The number of carbonyl (C=O) groups is 1. The second-order valence-electron chi connectivity index (χ2n) is 2.62. The van der Waals surface area contributed by atoms with Crippen molar-refractivity contribution in [1.82, 2.24) is 4.98 Å². The number of aliphatic hydroxyl groups excluding tert-OH is 1. The van der Waals surface area contributed by atoms with Gasteiger partial charge in [0.25, 0.3) is 0 Å². The molecule has 1 aromatic heterocycles. The van der Waals surface area contributed by atoms with Gasteiger partial charge in [0.1, 0.15) is 5.01 Å². The van der Waals surface area contributed by atoms with Gasteiger partial charge in [-0.05, 0) is 6.92 Å². The van der Waals surface area contributed by atoms with E-state index in [9.17, 15) is 18.7 Å². The van der Waals surface area contributed by atoms with E-state index < -0.39 is 18.0 Å². The number of hydrogen-bond acceptors (Lipinski definition) is 5. The summed E-state index contributed by atoms with van der Waals surface area (Å²) < 4.78 is 30.6. The Kier molecular flexibility index (Phi) is 3.70. The molecule has 15 heavy (non-hydrogen) atoms. The number of nitrogens with zero attached hydrogens (tertiary/aromatic N) is 1. The minimum atomic E-state index is -3.96. The molecule has 0 saturated carbocycles. The number of hydrogen-bond donors (Lipinski definition) is 1. The van der Waals surface area contributed by atoms with Crippen molar-refractivity contribution < 1.29 is 23.4 Å². The molecule has 1 N–H and O–H groups in total. The lowest BCUT2D eigenvalue weighted by Gasteiger charge is -2.18. The fourth-order valence-electron chi connectivity index (χ4n) is 0.864. The number of esters is 1. The van der Waals surface area contributed by atoms with Crippen LogP contribution in [0.5, 0.6) is 0 Å². The second-order valence-corrected chi connectivity index (χ2v) is 3.54. The van der Waals surface area contributed by atoms with Crippen molar-refractivity contribution in [3.05, 3.63) is 16.6 Å². The zero-order valence-electron chi connectivity index (χ0n) is 7.81. The third kappa shape index (κ3) is 2.48. The van der Waals surface area contributed by atoms with Crippen molar-refractivity contribution in [2.75, 3.05) is 6.61 Å². The highest BCUT2D eigenvalue weighted by molar-refractivity contribution is 7.09. The zero-order valence-corrected chi connectivity index (χ0v) is 8.63. The Hall–Kier alpha value is -1.08. The van der Waals surface area contributed by atoms with Gasteiger partial charge in [-0.25, -0.2) is 9.78 Å². The summed E-state index contributed by atoms with van der Waals surface area (Å²) in [6, 6.07) is 0. The molecular formula is C8H9F2NO3S. The van der Waals surface area contributed by atoms with Crippen LogP contribution in [0.3, 0.4) is 0 Å². The first-order valence-electron chi connectivity index (χ1n) is 4.12. The molecule has 1 rings (SSSR count). The van der Waals surface area contributed by atoms with E-state index in [4.69, 9.17) is 0 Å². The van der Waals surface area contributed by atoms with Gasteiger partial charge in [-0.2, -0.15) is 8.78 Å². The fourth-order valence-corrected chi connectivity index (χ4v) is 1.52. The molecule has 0 fully saturated rings. The van der Waals surface area contributed by atoms with Crippen LogP contribution < -0.4 is 0 Å². The maximum Gasteiger partial charge on any atom is 0.380 e. The van der Waals surface area contributed by atoms with E-state index in [1.165, 1.54) is 18.5 Å². The van der Waals surface area contributed by atoms with Crippen LogP contribution in [0.1, 0.15) is 18.0 Å². The van der Waals surface area contributed by atoms with Crippen molar-refractivity contribution >= 4 is 17.3 Å². The quantitative estimate of drug-likeness (QED) is 0.803. The molecule has 0 amide bonds. The van der Waals surface area contributed by atoms with Gasteiger partial charge in [-0.3, -0.25) is 0 Å². The Morgan fingerprint density at radius 2 is 2.47 bits per heavy atom. The first-order chi connectivity index (χ1) is 7.00. The lowest BCUT2D eigenvalue weighted by atomic mass is 10.2. The van der Waals surface area contributed by atoms with Crippen LogP contribution >= 0.6 is 11.3 Å². The van der Waals surface area contributed by atoms with Crippen molar-refractivity contribution in [2.45, 2.75) is 19.0 Å². The van der Waals surface area contributed by atoms with Gasteiger partial charge in [0.05, 0.1) is 6.61 Å². The molecule has 4 nitrogen and oxygen atoms in total. The summed E-state index contributed by atoms with van der Waals surface area (Å²) in [7, 11) is 0. The van der Waals surface area contributed by atoms with Gasteiger partial charge in [0, 0.05) is 11.6 Å². The molecule has 0 saturated heterocycles. The Bertz CT molecular complexity index is 329. The van der Waals surface area contributed by atoms with Crippen LogP contribution in [0.2, 0.25) is 0 Å². The Balaban J connectivity index is 2.81. The predicted octanol–water partition coefficient (Wildman–Crippen LogP) is 1.37. The first kappa shape index (κ1) is 12.0. The van der Waals surface area contributed by atoms with E-state index in [2.05, 4.69) is 9.72 Å². The van der Waals surface area contributed by atoms with Gasteiger partial charge in [-0.15, -0.1) is 11.3 Å². The molecule has 0 aliphatic carbocycles. The largest absolute Gasteiger partial charge is 0.461 e. The van der Waals surface area contributed by atoms with Crippen LogP contribution in [-0.2, 0) is 9.53 Å². The number of halogens is 2. The van der Waals surface area contributed by atoms with Gasteiger partial charge >= 0.3 is 11.9 Å². The summed E-state index contributed by atoms with van der Waals surface area (Å²) in [6.45, 7) is 1.24. The maximum absolute atomic E-state index is 13.2. The molecule has 1 aromatic rings. The minimum absolute atomic E-state index is 0.168. The van der Waals surface area contributed by atoms with Gasteiger partial charge < -0.3 is 9.84 Å². The van der Waals surface area contributed by atoms with E-state index >= 15 is 0 Å². The molecule has 0 aromatic carbocycles. The monoisotopic (exact) mass is 237 g/mol. The molecule has 0 aliphatic heterocycles. The van der Waals surface area contributed by atoms with E-state index in [0.717, 1.165) is 11.3 Å². The lowest BCUT2D eigenvalue weighted by Crippen LogP contribution is -2.37. The number of aliphatic hydroxyl groups is 1. The molecule has 0 spiro atoms. The van der Waals surface area contributed by atoms with Gasteiger partial charge in [-0.1, -0.05) is 0 Å². The molecule has 0 bridgehead atoms. The molecule has 0 aliphatic rings. The average molecular weight is 237 g/mol. The van der Waals surface area contributed by atoms with Crippen molar-refractivity contribution in [1.29, 1.82) is 0 Å². The summed E-state index contributed by atoms with van der Waals surface area (Å²) in [5.74, 6) is -5.71. The van der Waals surface area contributed by atoms with Crippen LogP contribution in [0.4, 0.5) is 8.78 Å². The number of ether oxygens (including phenoxy) is 1. The minimum Gasteiger partial charge on any atom is -0.461 e. The van der Waals surface area contributed by atoms with Crippen LogP contribution in [0, 0.1) is 0 Å². The van der Waals surface area contributed by atoms with E-state index in [-0.39, 0.29) is 11.6 Å². The van der Waals surface area contributed by atoms with Gasteiger partial charge in [0.15, 0.2) is 6.10 Å². The summed E-state index contributed by atoms with van der Waals surface area (Å²) in [4.78, 5) is 14.4. The average Bonchev–Trinajstić information content (AvgIpc) is 2.69. The van der Waals surface area contributed by atoms with E-state index in [1.54, 1.807) is 0 Å². The standard InChI is InChI=1S/C8H9F2NO3S/c1-2-14-7(13)8(9,10)5(12)6-11-3-4-15-6/h3-5,12H,2H2,1H3. The molecule has 84 valence electrons. The molecule has 1 heterocycles. The summed E-state index contributed by atoms with van der Waals surface area (Å²) in [6.07, 6.45) is -0.985. The highest BCUT2D eigenvalue weighted by Gasteiger charge is 2.50. The third-order valence-corrected chi connectivity index (χ3v) is 2.40. The topological polar surface area (TPSA) is 59.4 Å². The normalized spacial score (nSPS) is 13.6. The van der Waals surface area contributed by atoms with E-state index in [1.807, 2.05) is 0 Å². The summed E-state index contributed by atoms with van der Waals surface area (Å²) in [5, 5.41) is 10.4.